The van der Waals surface area contributed by atoms with E-state index in [0.29, 0.717) is 0 Å². The molecule has 0 bridgehead atoms. The summed E-state index contributed by atoms with van der Waals surface area (Å²) in [5.41, 5.74) is 17.5. The van der Waals surface area contributed by atoms with Gasteiger partial charge in [-0.25, -0.2) is 0 Å². The second-order valence-corrected chi connectivity index (χ2v) is 15.7. The summed E-state index contributed by atoms with van der Waals surface area (Å²) in [6, 6.07) is 72.6. The summed E-state index contributed by atoms with van der Waals surface area (Å²) in [4.78, 5) is 2.44. The summed E-state index contributed by atoms with van der Waals surface area (Å²) >= 11 is 0. The summed E-state index contributed by atoms with van der Waals surface area (Å²) in [6.45, 7) is 4.72. The summed E-state index contributed by atoms with van der Waals surface area (Å²) in [6.07, 6.45) is 0. The third kappa shape index (κ3) is 5.25. The van der Waals surface area contributed by atoms with Gasteiger partial charge in [0.2, 0.25) is 0 Å². The number of hydrogen-bond donors (Lipinski definition) is 0. The predicted octanol–water partition coefficient (Wildman–Crippen LogP) is 15.5. The van der Waals surface area contributed by atoms with Gasteiger partial charge in [-0.3, -0.25) is 0 Å². The Hall–Kier alpha value is -7.16. The molecule has 1 aliphatic carbocycles. The maximum atomic E-state index is 6.58. The van der Waals surface area contributed by atoms with Crippen LogP contribution in [0.15, 0.2) is 205 Å². The molecule has 2 heteroatoms. The van der Waals surface area contributed by atoms with Crippen LogP contribution < -0.4 is 4.90 Å². The van der Waals surface area contributed by atoms with Crippen molar-refractivity contribution in [3.63, 3.8) is 0 Å². The fourth-order valence-corrected chi connectivity index (χ4v) is 9.45. The van der Waals surface area contributed by atoms with E-state index in [2.05, 4.69) is 219 Å². The first-order valence-corrected chi connectivity index (χ1v) is 19.8. The van der Waals surface area contributed by atoms with Crippen LogP contribution >= 0.6 is 0 Å². The van der Waals surface area contributed by atoms with Crippen molar-refractivity contribution in [1.82, 2.24) is 0 Å². The lowest BCUT2D eigenvalue weighted by molar-refractivity contribution is 0.662. The molecule has 0 saturated carbocycles. The van der Waals surface area contributed by atoms with E-state index in [1.54, 1.807) is 0 Å². The number of para-hydroxylation sites is 2. The van der Waals surface area contributed by atoms with E-state index in [0.717, 1.165) is 55.7 Å². The number of furan rings is 1. The third-order valence-electron chi connectivity index (χ3n) is 12.0. The maximum Gasteiger partial charge on any atom is 0.136 e. The summed E-state index contributed by atoms with van der Waals surface area (Å²) in [7, 11) is 0. The highest BCUT2D eigenvalue weighted by atomic mass is 16.3. The van der Waals surface area contributed by atoms with E-state index in [-0.39, 0.29) is 5.41 Å². The fourth-order valence-electron chi connectivity index (χ4n) is 9.45. The first kappa shape index (κ1) is 33.2. The van der Waals surface area contributed by atoms with Gasteiger partial charge in [0.25, 0.3) is 0 Å². The molecule has 1 aromatic heterocycles. The highest BCUT2D eigenvalue weighted by Crippen LogP contribution is 2.53. The van der Waals surface area contributed by atoms with Crippen molar-refractivity contribution in [2.75, 3.05) is 4.90 Å². The van der Waals surface area contributed by atoms with Crippen molar-refractivity contribution in [3.8, 4) is 44.5 Å². The zero-order valence-corrected chi connectivity index (χ0v) is 31.9. The van der Waals surface area contributed by atoms with Crippen LogP contribution in [0.2, 0.25) is 0 Å². The number of fused-ring (bicyclic) bond motifs is 7. The number of nitrogens with zero attached hydrogens (tertiary/aromatic N) is 1. The van der Waals surface area contributed by atoms with Gasteiger partial charge < -0.3 is 9.32 Å². The Kier molecular flexibility index (Phi) is 7.55. The number of anilines is 3. The lowest BCUT2D eigenvalue weighted by atomic mass is 9.79. The molecule has 11 rings (SSSR count). The first-order chi connectivity index (χ1) is 28.0. The van der Waals surface area contributed by atoms with Crippen LogP contribution in [-0.2, 0) is 5.41 Å². The monoisotopic (exact) mass is 729 g/mol. The van der Waals surface area contributed by atoms with E-state index >= 15 is 0 Å². The number of rotatable bonds is 6. The molecule has 270 valence electrons. The van der Waals surface area contributed by atoms with Crippen molar-refractivity contribution in [3.05, 3.63) is 211 Å². The van der Waals surface area contributed by atoms with E-state index in [9.17, 15) is 0 Å². The largest absolute Gasteiger partial charge is 0.456 e. The molecular weight excluding hydrogens is 691 g/mol. The Bertz CT molecular complexity index is 3150. The molecule has 1 heterocycles. The average molecular weight is 730 g/mol. The van der Waals surface area contributed by atoms with Crippen molar-refractivity contribution < 1.29 is 4.42 Å². The number of benzene rings is 9. The lowest BCUT2D eigenvalue weighted by Gasteiger charge is -2.30. The van der Waals surface area contributed by atoms with Crippen LogP contribution in [-0.4, -0.2) is 0 Å². The van der Waals surface area contributed by atoms with Crippen LogP contribution in [0.25, 0.3) is 77.2 Å². The molecule has 2 nitrogen and oxygen atoms in total. The van der Waals surface area contributed by atoms with Gasteiger partial charge in [0, 0.05) is 33.0 Å². The second kappa shape index (κ2) is 13.0. The van der Waals surface area contributed by atoms with Gasteiger partial charge in [0.15, 0.2) is 0 Å². The third-order valence-corrected chi connectivity index (χ3v) is 12.0. The Balaban J connectivity index is 1.12. The Morgan fingerprint density at radius 1 is 0.404 bits per heavy atom. The molecule has 10 aromatic rings. The normalized spacial score (nSPS) is 12.9. The van der Waals surface area contributed by atoms with Gasteiger partial charge in [-0.2, -0.15) is 0 Å². The fraction of sp³-hybridized carbons (Fsp3) is 0.0545. The van der Waals surface area contributed by atoms with Crippen molar-refractivity contribution in [1.29, 1.82) is 0 Å². The van der Waals surface area contributed by atoms with Gasteiger partial charge in [-0.1, -0.05) is 172 Å². The van der Waals surface area contributed by atoms with Gasteiger partial charge in [0.1, 0.15) is 11.2 Å². The minimum absolute atomic E-state index is 0.106. The van der Waals surface area contributed by atoms with Crippen molar-refractivity contribution >= 4 is 49.8 Å². The van der Waals surface area contributed by atoms with Gasteiger partial charge in [-0.15, -0.1) is 0 Å². The Labute approximate surface area is 332 Å². The van der Waals surface area contributed by atoms with Crippen LogP contribution in [0.5, 0.6) is 0 Å². The zero-order chi connectivity index (χ0) is 38.1. The van der Waals surface area contributed by atoms with Crippen LogP contribution in [0.1, 0.15) is 25.0 Å². The topological polar surface area (TPSA) is 16.4 Å². The molecule has 0 amide bonds. The standard InChI is InChI=1S/C55H39NO/c1-55(2)48-26-11-8-21-43(48)46-25-14-23-42(54(46)55)37-30-32-40(33-31-37)56(49-27-12-9-20-41(49)36-16-4-3-5-17-36)50-28-13-10-22-44(50)45-24-15-29-51-53(45)47-34-38-18-6-7-19-39(38)35-52(47)57-51/h3-35H,1-2H3. The molecular formula is C55H39NO. The van der Waals surface area contributed by atoms with E-state index < -0.39 is 0 Å². The summed E-state index contributed by atoms with van der Waals surface area (Å²) in [5, 5.41) is 4.62. The quantitative estimate of drug-likeness (QED) is 0.169. The first-order valence-electron chi connectivity index (χ1n) is 19.8. The molecule has 1 aliphatic rings. The van der Waals surface area contributed by atoms with Gasteiger partial charge >= 0.3 is 0 Å². The minimum Gasteiger partial charge on any atom is -0.456 e. The van der Waals surface area contributed by atoms with Crippen LogP contribution in [0.3, 0.4) is 0 Å². The highest BCUT2D eigenvalue weighted by Gasteiger charge is 2.37. The summed E-state index contributed by atoms with van der Waals surface area (Å²) in [5.74, 6) is 0. The Morgan fingerprint density at radius 2 is 0.965 bits per heavy atom. The number of hydrogen-bond acceptors (Lipinski definition) is 2. The Morgan fingerprint density at radius 3 is 1.75 bits per heavy atom. The minimum atomic E-state index is -0.106. The van der Waals surface area contributed by atoms with Crippen LogP contribution in [0, 0.1) is 0 Å². The molecule has 0 N–H and O–H groups in total. The van der Waals surface area contributed by atoms with E-state index in [1.807, 2.05) is 0 Å². The molecule has 0 unspecified atom stereocenters. The smallest absolute Gasteiger partial charge is 0.136 e. The molecule has 0 aliphatic heterocycles. The molecule has 9 aromatic carbocycles. The van der Waals surface area contributed by atoms with Crippen molar-refractivity contribution in [2.45, 2.75) is 19.3 Å². The average Bonchev–Trinajstić information content (AvgIpc) is 3.75. The maximum absolute atomic E-state index is 6.58. The molecule has 0 spiro atoms. The highest BCUT2D eigenvalue weighted by molar-refractivity contribution is 6.16. The van der Waals surface area contributed by atoms with Gasteiger partial charge in [0.05, 0.1) is 11.4 Å². The van der Waals surface area contributed by atoms with Crippen molar-refractivity contribution in [2.24, 2.45) is 0 Å². The molecule has 0 atom stereocenters. The molecule has 0 fully saturated rings. The zero-order valence-electron chi connectivity index (χ0n) is 31.9. The second-order valence-electron chi connectivity index (χ2n) is 15.7. The van der Waals surface area contributed by atoms with Gasteiger partial charge in [-0.05, 0) is 97.7 Å². The SMILES string of the molecule is CC1(C)c2ccccc2-c2cccc(-c3ccc(N(c4ccccc4-c4ccccc4)c4ccccc4-c4cccc5oc6cc7ccccc7cc6c45)cc3)c21. The summed E-state index contributed by atoms with van der Waals surface area (Å²) < 4.78 is 6.58. The van der Waals surface area contributed by atoms with E-state index in [1.165, 1.54) is 49.7 Å². The molecule has 0 saturated heterocycles. The lowest BCUT2D eigenvalue weighted by Crippen LogP contribution is -2.16. The molecule has 57 heavy (non-hydrogen) atoms. The molecule has 0 radical (unpaired) electrons. The predicted molar refractivity (Wildman–Crippen MR) is 240 cm³/mol. The van der Waals surface area contributed by atoms with Crippen LogP contribution in [0.4, 0.5) is 17.1 Å². The van der Waals surface area contributed by atoms with E-state index in [4.69, 9.17) is 4.42 Å².